The normalized spacial score (nSPS) is 18.8. The van der Waals surface area contributed by atoms with Gasteiger partial charge in [0.1, 0.15) is 0 Å². The van der Waals surface area contributed by atoms with Crippen molar-refractivity contribution in [3.8, 4) is 0 Å². The predicted molar refractivity (Wildman–Crippen MR) is 83.8 cm³/mol. The number of nitrogens with zero attached hydrogens (tertiary/aromatic N) is 1. The molecule has 1 unspecified atom stereocenters. The number of sulfonamides is 1. The summed E-state index contributed by atoms with van der Waals surface area (Å²) in [5, 5.41) is 0. The zero-order chi connectivity index (χ0) is 16.8. The number of hydrogen-bond acceptors (Lipinski definition) is 2. The maximum atomic E-state index is 11.3. The molecule has 0 radical (unpaired) electrons. The molecule has 1 fully saturated rings. The molecule has 3 nitrogen and oxygen atoms in total. The molecule has 1 aliphatic rings. The van der Waals surface area contributed by atoms with Crippen LogP contribution in [0.5, 0.6) is 0 Å². The van der Waals surface area contributed by atoms with Crippen LogP contribution < -0.4 is 0 Å². The van der Waals surface area contributed by atoms with E-state index in [-0.39, 0.29) is 0 Å². The number of hydrogen-bond donors (Lipinski definition) is 0. The monoisotopic (exact) mass is 317 g/mol. The highest BCUT2D eigenvalue weighted by Crippen LogP contribution is 2.24. The van der Waals surface area contributed by atoms with Gasteiger partial charge in [-0.2, -0.15) is 0 Å². The minimum atomic E-state index is -2.96. The minimum Gasteiger partial charge on any atom is -0.214 e. The summed E-state index contributed by atoms with van der Waals surface area (Å²) in [7, 11) is -2.96. The van der Waals surface area contributed by atoms with Gasteiger partial charge in [0.15, 0.2) is 0 Å². The molecule has 0 aliphatic carbocycles. The number of halogens is 2. The zero-order valence-corrected chi connectivity index (χ0v) is 14.9. The van der Waals surface area contributed by atoms with Gasteiger partial charge >= 0.3 is 0 Å². The summed E-state index contributed by atoms with van der Waals surface area (Å²) < 4.78 is 43.4. The fourth-order valence-electron chi connectivity index (χ4n) is 1.82. The van der Waals surface area contributed by atoms with Gasteiger partial charge in [0.2, 0.25) is 17.0 Å². The molecule has 1 saturated heterocycles. The van der Waals surface area contributed by atoms with Crippen molar-refractivity contribution in [1.82, 2.24) is 4.31 Å². The van der Waals surface area contributed by atoms with Gasteiger partial charge in [-0.15, -0.1) is 0 Å². The molecule has 0 aromatic heterocycles. The van der Waals surface area contributed by atoms with Crippen molar-refractivity contribution in [3.05, 3.63) is 0 Å². The van der Waals surface area contributed by atoms with E-state index in [9.17, 15) is 17.2 Å². The Balaban J connectivity index is -0.000000355. The van der Waals surface area contributed by atoms with Crippen molar-refractivity contribution in [2.45, 2.75) is 54.4 Å². The van der Waals surface area contributed by atoms with Crippen molar-refractivity contribution in [3.63, 3.8) is 0 Å². The quantitative estimate of drug-likeness (QED) is 0.763. The van der Waals surface area contributed by atoms with E-state index < -0.39 is 17.0 Å². The lowest BCUT2D eigenvalue weighted by Gasteiger charge is -2.32. The summed E-state index contributed by atoms with van der Waals surface area (Å²) >= 11 is 0. The van der Waals surface area contributed by atoms with Gasteiger partial charge < -0.3 is 0 Å². The van der Waals surface area contributed by atoms with E-state index in [1.54, 1.807) is 4.31 Å². The molecule has 0 aromatic carbocycles. The lowest BCUT2D eigenvalue weighted by Crippen LogP contribution is -2.40. The highest BCUT2D eigenvalue weighted by atomic mass is 32.2. The van der Waals surface area contributed by atoms with Crippen LogP contribution >= 0.6 is 0 Å². The second-order valence-electron chi connectivity index (χ2n) is 4.37. The molecule has 126 valence electrons. The fourth-order valence-corrected chi connectivity index (χ4v) is 2.74. The van der Waals surface area contributed by atoms with Gasteiger partial charge in [0, 0.05) is 13.1 Å². The smallest absolute Gasteiger partial charge is 0.214 e. The van der Waals surface area contributed by atoms with Crippen LogP contribution in [0.15, 0.2) is 0 Å². The third kappa shape index (κ3) is 12.8. The summed E-state index contributed by atoms with van der Waals surface area (Å²) in [5.74, 6) is 1.13. The van der Waals surface area contributed by atoms with Crippen LogP contribution in [0.4, 0.5) is 8.78 Å². The third-order valence-corrected chi connectivity index (χ3v) is 4.10. The average Bonchev–Trinajstić information content (AvgIpc) is 2.43. The number of alkyl halides is 2. The molecular weight excluding hydrogens is 284 g/mol. The molecule has 0 bridgehead atoms. The van der Waals surface area contributed by atoms with Gasteiger partial charge in [0.25, 0.3) is 0 Å². The van der Waals surface area contributed by atoms with E-state index in [1.165, 1.54) is 12.7 Å². The Labute approximate surface area is 124 Å². The second kappa shape index (κ2) is 15.2. The number of rotatable bonds is 2. The standard InChI is InChI=1S/C9H19NO2S.2C2H6.CH2F2/c1-8(2)9-5-4-6-10(7-9)13(3,11)12;2*1-2;2-1-3/h8-9H,4-7H2,1-3H3;2*1-2H3;1H2. The summed E-state index contributed by atoms with van der Waals surface area (Å²) in [4.78, 5) is 0. The van der Waals surface area contributed by atoms with Crippen molar-refractivity contribution in [1.29, 1.82) is 0 Å². The molecule has 0 N–H and O–H groups in total. The molecule has 0 aromatic rings. The summed E-state index contributed by atoms with van der Waals surface area (Å²) in [5.41, 5.74) is 0. The maximum absolute atomic E-state index is 11.3. The zero-order valence-electron chi connectivity index (χ0n) is 14.1. The van der Waals surface area contributed by atoms with Crippen LogP contribution in [0.1, 0.15) is 54.4 Å². The van der Waals surface area contributed by atoms with E-state index in [0.29, 0.717) is 18.4 Å². The maximum Gasteiger partial charge on any atom is 0.229 e. The van der Waals surface area contributed by atoms with Crippen molar-refractivity contribution >= 4 is 10.0 Å². The van der Waals surface area contributed by atoms with Crippen LogP contribution in [0.25, 0.3) is 0 Å². The molecule has 0 amide bonds. The third-order valence-electron chi connectivity index (χ3n) is 2.83. The highest BCUT2D eigenvalue weighted by molar-refractivity contribution is 7.88. The SMILES string of the molecule is CC.CC.CC(C)C1CCCN(S(C)(=O)=O)C1.FCF. The molecule has 0 saturated carbocycles. The highest BCUT2D eigenvalue weighted by Gasteiger charge is 2.27. The predicted octanol–water partition coefficient (Wildman–Crippen LogP) is 4.25. The molecule has 1 aliphatic heterocycles. The van der Waals surface area contributed by atoms with E-state index in [1.807, 2.05) is 27.7 Å². The molecule has 0 spiro atoms. The molecule has 6 heteroatoms. The van der Waals surface area contributed by atoms with Crippen LogP contribution in [-0.4, -0.2) is 39.0 Å². The van der Waals surface area contributed by atoms with Gasteiger partial charge in [0.05, 0.1) is 6.26 Å². The van der Waals surface area contributed by atoms with Crippen molar-refractivity contribution in [2.24, 2.45) is 11.8 Å². The Hall–Kier alpha value is -0.230. The Morgan fingerprint density at radius 3 is 1.85 bits per heavy atom. The Bertz CT molecular complexity index is 283. The molecule has 1 heterocycles. The fraction of sp³-hybridized carbons (Fsp3) is 1.00. The minimum absolute atomic E-state index is 0.545. The van der Waals surface area contributed by atoms with Crippen LogP contribution in [-0.2, 0) is 10.0 Å². The summed E-state index contributed by atoms with van der Waals surface area (Å²) in [6.45, 7) is 12.0. The van der Waals surface area contributed by atoms with Crippen LogP contribution in [0.2, 0.25) is 0 Å². The first-order valence-corrected chi connectivity index (χ1v) is 9.24. The largest absolute Gasteiger partial charge is 0.229 e. The van der Waals surface area contributed by atoms with Crippen LogP contribution in [0, 0.1) is 11.8 Å². The lowest BCUT2D eigenvalue weighted by molar-refractivity contribution is 0.220. The van der Waals surface area contributed by atoms with E-state index in [2.05, 4.69) is 13.8 Å². The first kappa shape index (κ1) is 24.8. The second-order valence-corrected chi connectivity index (χ2v) is 6.35. The summed E-state index contributed by atoms with van der Waals surface area (Å²) in [6.07, 6.45) is 3.48. The van der Waals surface area contributed by atoms with Crippen LogP contribution in [0.3, 0.4) is 0 Å². The molecule has 1 atom stereocenters. The van der Waals surface area contributed by atoms with Crippen molar-refractivity contribution in [2.75, 3.05) is 26.3 Å². The van der Waals surface area contributed by atoms with E-state index in [0.717, 1.165) is 13.0 Å². The Morgan fingerprint density at radius 1 is 1.15 bits per heavy atom. The molecular formula is C14H33F2NO2S. The number of piperidine rings is 1. The van der Waals surface area contributed by atoms with E-state index in [4.69, 9.17) is 0 Å². The Morgan fingerprint density at radius 2 is 1.55 bits per heavy atom. The van der Waals surface area contributed by atoms with E-state index >= 15 is 0 Å². The topological polar surface area (TPSA) is 37.4 Å². The van der Waals surface area contributed by atoms with Gasteiger partial charge in [-0.1, -0.05) is 41.5 Å². The first-order chi connectivity index (χ1) is 9.32. The van der Waals surface area contributed by atoms with Gasteiger partial charge in [-0.05, 0) is 24.7 Å². The average molecular weight is 317 g/mol. The molecule has 1 rings (SSSR count). The van der Waals surface area contributed by atoms with Gasteiger partial charge in [-0.25, -0.2) is 21.5 Å². The Kier molecular flexibility index (Phi) is 18.8. The first-order valence-electron chi connectivity index (χ1n) is 7.40. The molecule has 20 heavy (non-hydrogen) atoms. The van der Waals surface area contributed by atoms with Crippen molar-refractivity contribution < 1.29 is 17.2 Å². The lowest BCUT2D eigenvalue weighted by atomic mass is 9.89. The summed E-state index contributed by atoms with van der Waals surface area (Å²) in [6, 6.07) is 0. The van der Waals surface area contributed by atoms with Gasteiger partial charge in [-0.3, -0.25) is 0 Å².